The maximum absolute atomic E-state index is 13.6. The predicted molar refractivity (Wildman–Crippen MR) is 81.5 cm³/mol. The predicted octanol–water partition coefficient (Wildman–Crippen LogP) is 3.61. The van der Waals surface area contributed by atoms with Crippen molar-refractivity contribution >= 4 is 32.7 Å². The molecule has 3 aromatic rings. The monoisotopic (exact) mass is 348 g/mol. The molecule has 0 fully saturated rings. The van der Waals surface area contributed by atoms with Gasteiger partial charge in [-0.2, -0.15) is 9.37 Å². The highest BCUT2D eigenvalue weighted by Gasteiger charge is 2.09. The molecule has 21 heavy (non-hydrogen) atoms. The summed E-state index contributed by atoms with van der Waals surface area (Å²) < 4.78 is 20.1. The Hall–Kier alpha value is -2.25. The number of anilines is 1. The van der Waals surface area contributed by atoms with Gasteiger partial charge in [-0.1, -0.05) is 28.1 Å². The van der Waals surface area contributed by atoms with E-state index in [-0.39, 0.29) is 11.8 Å². The van der Waals surface area contributed by atoms with Crippen molar-refractivity contribution in [1.29, 1.82) is 0 Å². The van der Waals surface area contributed by atoms with E-state index >= 15 is 0 Å². The maximum atomic E-state index is 13.6. The van der Waals surface area contributed by atoms with Crippen LogP contribution in [0.15, 0.2) is 47.1 Å². The van der Waals surface area contributed by atoms with Crippen molar-refractivity contribution in [3.8, 4) is 11.6 Å². The fraction of sp³-hybridized carbons (Fsp3) is 0. The third-order valence-electron chi connectivity index (χ3n) is 2.83. The van der Waals surface area contributed by atoms with E-state index in [9.17, 15) is 4.39 Å². The number of hydrazine groups is 1. The van der Waals surface area contributed by atoms with Crippen molar-refractivity contribution in [3.63, 3.8) is 0 Å². The number of halogens is 2. The third-order valence-corrected chi connectivity index (χ3v) is 3.32. The van der Waals surface area contributed by atoms with E-state index in [1.54, 1.807) is 12.1 Å². The lowest BCUT2D eigenvalue weighted by Crippen LogP contribution is -2.11. The molecule has 0 aliphatic heterocycles. The van der Waals surface area contributed by atoms with Gasteiger partial charge in [0.05, 0.1) is 6.20 Å². The number of benzene rings is 2. The molecule has 0 aliphatic carbocycles. The first-order chi connectivity index (χ1) is 10.2. The molecule has 3 rings (SSSR count). The van der Waals surface area contributed by atoms with Crippen LogP contribution in [0.1, 0.15) is 0 Å². The summed E-state index contributed by atoms with van der Waals surface area (Å²) in [5.74, 6) is 4.90. The topological polar surface area (TPSA) is 73.1 Å². The first kappa shape index (κ1) is 13.7. The van der Waals surface area contributed by atoms with Gasteiger partial charge >= 0.3 is 0 Å². The number of hydrogen-bond donors (Lipinski definition) is 2. The van der Waals surface area contributed by atoms with Gasteiger partial charge in [0, 0.05) is 4.47 Å². The summed E-state index contributed by atoms with van der Waals surface area (Å²) in [6.45, 7) is 0. The second-order valence-corrected chi connectivity index (χ2v) is 5.16. The van der Waals surface area contributed by atoms with Crippen molar-refractivity contribution in [2.75, 3.05) is 5.43 Å². The van der Waals surface area contributed by atoms with Crippen LogP contribution in [0.25, 0.3) is 10.8 Å². The number of hydrogen-bond acceptors (Lipinski definition) is 5. The lowest BCUT2D eigenvalue weighted by atomic mass is 10.1. The van der Waals surface area contributed by atoms with Crippen molar-refractivity contribution < 1.29 is 9.13 Å². The maximum Gasteiger partial charge on any atom is 0.260 e. The molecule has 5 nitrogen and oxygen atoms in total. The lowest BCUT2D eigenvalue weighted by molar-refractivity contribution is 0.421. The van der Waals surface area contributed by atoms with E-state index in [1.165, 1.54) is 0 Å². The summed E-state index contributed by atoms with van der Waals surface area (Å²) in [6.07, 6.45) is 0.996. The molecule has 0 atom stereocenters. The van der Waals surface area contributed by atoms with Crippen LogP contribution in [0, 0.1) is 5.82 Å². The van der Waals surface area contributed by atoms with E-state index in [2.05, 4.69) is 31.3 Å². The van der Waals surface area contributed by atoms with Crippen LogP contribution in [0.3, 0.4) is 0 Å². The molecule has 1 aromatic heterocycles. The molecule has 0 radical (unpaired) electrons. The smallest absolute Gasteiger partial charge is 0.260 e. The average Bonchev–Trinajstić information content (AvgIpc) is 2.49. The molecule has 0 saturated carbocycles. The molecule has 106 valence electrons. The van der Waals surface area contributed by atoms with Crippen molar-refractivity contribution in [3.05, 3.63) is 52.9 Å². The zero-order valence-electron chi connectivity index (χ0n) is 10.7. The van der Waals surface area contributed by atoms with E-state index in [0.29, 0.717) is 5.75 Å². The molecule has 0 amide bonds. The molecule has 1 heterocycles. The number of nitrogen functional groups attached to an aromatic ring is 1. The van der Waals surface area contributed by atoms with Crippen molar-refractivity contribution in [1.82, 2.24) is 9.97 Å². The summed E-state index contributed by atoms with van der Waals surface area (Å²) in [5, 5.41) is 2.02. The highest BCUT2D eigenvalue weighted by atomic mass is 79.9. The Morgan fingerprint density at radius 1 is 1.14 bits per heavy atom. The number of aromatic nitrogens is 2. The molecular weight excluding hydrogens is 339 g/mol. The standard InChI is InChI=1S/C14H10BrFN4O/c15-10-3-1-9-6-11(4-2-8(9)5-10)21-13-12(16)7-18-14(19-13)20-17/h1-7H,17H2,(H,18,19,20). The summed E-state index contributed by atoms with van der Waals surface area (Å²) in [7, 11) is 0. The van der Waals surface area contributed by atoms with Crippen molar-refractivity contribution in [2.24, 2.45) is 5.84 Å². The van der Waals surface area contributed by atoms with E-state index in [1.807, 2.05) is 24.3 Å². The highest BCUT2D eigenvalue weighted by Crippen LogP contribution is 2.28. The molecule has 0 unspecified atom stereocenters. The second-order valence-electron chi connectivity index (χ2n) is 4.25. The number of nitrogens with one attached hydrogen (secondary N) is 1. The van der Waals surface area contributed by atoms with Gasteiger partial charge < -0.3 is 4.74 Å². The molecule has 7 heteroatoms. The highest BCUT2D eigenvalue weighted by molar-refractivity contribution is 9.10. The quantitative estimate of drug-likeness (QED) is 0.558. The Kier molecular flexibility index (Phi) is 3.68. The van der Waals surface area contributed by atoms with Gasteiger partial charge in [0.2, 0.25) is 11.8 Å². The number of nitrogens with zero attached hydrogens (tertiary/aromatic N) is 2. The summed E-state index contributed by atoms with van der Waals surface area (Å²) in [5.41, 5.74) is 2.24. The molecule has 0 aliphatic rings. The Morgan fingerprint density at radius 2 is 1.90 bits per heavy atom. The van der Waals surface area contributed by atoms with Gasteiger partial charge in [-0.3, -0.25) is 5.43 Å². The molecule has 0 spiro atoms. The molecular formula is C14H10BrFN4O. The van der Waals surface area contributed by atoms with E-state index in [0.717, 1.165) is 21.4 Å². The summed E-state index contributed by atoms with van der Waals surface area (Å²) >= 11 is 3.41. The van der Waals surface area contributed by atoms with Crippen LogP contribution in [-0.4, -0.2) is 9.97 Å². The first-order valence-electron chi connectivity index (χ1n) is 6.02. The Morgan fingerprint density at radius 3 is 2.71 bits per heavy atom. The Bertz CT molecular complexity index is 812. The van der Waals surface area contributed by atoms with Crippen molar-refractivity contribution in [2.45, 2.75) is 0 Å². The molecule has 2 aromatic carbocycles. The van der Waals surface area contributed by atoms with Gasteiger partial charge in [0.1, 0.15) is 5.75 Å². The van der Waals surface area contributed by atoms with Crippen LogP contribution >= 0.6 is 15.9 Å². The fourth-order valence-electron chi connectivity index (χ4n) is 1.86. The van der Waals surface area contributed by atoms with Crippen LogP contribution in [0.5, 0.6) is 11.6 Å². The second kappa shape index (κ2) is 5.63. The molecule has 0 bridgehead atoms. The van der Waals surface area contributed by atoms with Gasteiger partial charge in [0.15, 0.2) is 0 Å². The minimum Gasteiger partial charge on any atom is -0.436 e. The van der Waals surface area contributed by atoms with Crippen LogP contribution in [-0.2, 0) is 0 Å². The normalized spacial score (nSPS) is 10.6. The van der Waals surface area contributed by atoms with Crippen LogP contribution in [0.2, 0.25) is 0 Å². The largest absolute Gasteiger partial charge is 0.436 e. The summed E-state index contributed by atoms with van der Waals surface area (Å²) in [6, 6.07) is 11.3. The van der Waals surface area contributed by atoms with Gasteiger partial charge in [0.25, 0.3) is 5.88 Å². The third kappa shape index (κ3) is 2.93. The number of nitrogens with two attached hydrogens (primary N) is 1. The van der Waals surface area contributed by atoms with E-state index in [4.69, 9.17) is 10.6 Å². The van der Waals surface area contributed by atoms with Gasteiger partial charge in [-0.05, 0) is 35.0 Å². The first-order valence-corrected chi connectivity index (χ1v) is 6.81. The minimum absolute atomic E-state index is 0.0797. The van der Waals surface area contributed by atoms with Gasteiger partial charge in [-0.25, -0.2) is 10.8 Å². The van der Waals surface area contributed by atoms with Gasteiger partial charge in [-0.15, -0.1) is 0 Å². The Labute approximate surface area is 128 Å². The average molecular weight is 349 g/mol. The van der Waals surface area contributed by atoms with E-state index < -0.39 is 5.82 Å². The zero-order chi connectivity index (χ0) is 14.8. The SMILES string of the molecule is NNc1ncc(F)c(Oc2ccc3cc(Br)ccc3c2)n1. The Balaban J connectivity index is 1.96. The zero-order valence-corrected chi connectivity index (χ0v) is 12.3. The fourth-order valence-corrected chi connectivity index (χ4v) is 2.24. The molecule has 3 N–H and O–H groups in total. The minimum atomic E-state index is -0.662. The lowest BCUT2D eigenvalue weighted by Gasteiger charge is -2.08. The number of fused-ring (bicyclic) bond motifs is 1. The van der Waals surface area contributed by atoms with Crippen LogP contribution in [0.4, 0.5) is 10.3 Å². The number of rotatable bonds is 3. The van der Waals surface area contributed by atoms with Crippen LogP contribution < -0.4 is 16.0 Å². The number of ether oxygens (including phenoxy) is 1. The molecule has 0 saturated heterocycles. The summed E-state index contributed by atoms with van der Waals surface area (Å²) in [4.78, 5) is 7.48.